The Morgan fingerprint density at radius 2 is 2.00 bits per heavy atom. The predicted molar refractivity (Wildman–Crippen MR) is 68.2 cm³/mol. The largest absolute Gasteiger partial charge is 0.306 e. The SMILES string of the molecule is CCCN(C)CCC(=O)c1ccccc1Cl. The summed E-state index contributed by atoms with van der Waals surface area (Å²) >= 11 is 5.96. The number of hydrogen-bond donors (Lipinski definition) is 0. The number of carbonyl (C=O) groups excluding carboxylic acids is 1. The molecule has 3 heteroatoms. The molecule has 0 spiro atoms. The first kappa shape index (κ1) is 13.2. The van der Waals surface area contributed by atoms with Gasteiger partial charge in [-0.05, 0) is 32.1 Å². The Morgan fingerprint density at radius 1 is 1.31 bits per heavy atom. The maximum absolute atomic E-state index is 11.9. The second-order valence-electron chi connectivity index (χ2n) is 3.96. The van der Waals surface area contributed by atoms with Gasteiger partial charge in [0.1, 0.15) is 0 Å². The van der Waals surface area contributed by atoms with Gasteiger partial charge in [-0.15, -0.1) is 0 Å². The lowest BCUT2D eigenvalue weighted by Crippen LogP contribution is -2.22. The van der Waals surface area contributed by atoms with Crippen molar-refractivity contribution in [2.75, 3.05) is 20.1 Å². The molecular formula is C13H18ClNO. The zero-order valence-electron chi connectivity index (χ0n) is 9.87. The van der Waals surface area contributed by atoms with E-state index in [1.807, 2.05) is 19.2 Å². The molecule has 88 valence electrons. The van der Waals surface area contributed by atoms with Crippen LogP contribution in [0, 0.1) is 0 Å². The van der Waals surface area contributed by atoms with Crippen LogP contribution < -0.4 is 0 Å². The lowest BCUT2D eigenvalue weighted by molar-refractivity contribution is 0.0969. The number of Topliss-reactive ketones (excluding diaryl/α,β-unsaturated/α-hetero) is 1. The second kappa shape index (κ2) is 6.66. The zero-order valence-corrected chi connectivity index (χ0v) is 10.6. The van der Waals surface area contributed by atoms with E-state index in [1.165, 1.54) is 0 Å². The van der Waals surface area contributed by atoms with E-state index in [-0.39, 0.29) is 5.78 Å². The summed E-state index contributed by atoms with van der Waals surface area (Å²) in [6.07, 6.45) is 1.64. The number of ketones is 1. The minimum atomic E-state index is 0.119. The van der Waals surface area contributed by atoms with Gasteiger partial charge >= 0.3 is 0 Å². The predicted octanol–water partition coefficient (Wildman–Crippen LogP) is 3.25. The quantitative estimate of drug-likeness (QED) is 0.711. The van der Waals surface area contributed by atoms with Crippen molar-refractivity contribution in [2.45, 2.75) is 19.8 Å². The smallest absolute Gasteiger partial charge is 0.165 e. The van der Waals surface area contributed by atoms with Crippen molar-refractivity contribution in [1.29, 1.82) is 0 Å². The fourth-order valence-corrected chi connectivity index (χ4v) is 1.85. The third-order valence-corrected chi connectivity index (χ3v) is 2.83. The van der Waals surface area contributed by atoms with Gasteiger partial charge < -0.3 is 4.90 Å². The van der Waals surface area contributed by atoms with Gasteiger partial charge in [0.15, 0.2) is 5.78 Å². The van der Waals surface area contributed by atoms with Gasteiger partial charge in [0, 0.05) is 18.5 Å². The van der Waals surface area contributed by atoms with Crippen molar-refractivity contribution in [3.05, 3.63) is 34.9 Å². The molecule has 0 fully saturated rings. The highest BCUT2D eigenvalue weighted by Crippen LogP contribution is 2.16. The molecule has 0 radical (unpaired) electrons. The van der Waals surface area contributed by atoms with Crippen LogP contribution in [0.4, 0.5) is 0 Å². The number of hydrogen-bond acceptors (Lipinski definition) is 2. The van der Waals surface area contributed by atoms with E-state index in [9.17, 15) is 4.79 Å². The number of rotatable bonds is 6. The summed E-state index contributed by atoms with van der Waals surface area (Å²) in [5.74, 6) is 0.119. The van der Waals surface area contributed by atoms with Gasteiger partial charge in [0.25, 0.3) is 0 Å². The molecule has 2 nitrogen and oxygen atoms in total. The van der Waals surface area contributed by atoms with Crippen LogP contribution in [0.1, 0.15) is 30.1 Å². The van der Waals surface area contributed by atoms with Crippen LogP contribution in [0.2, 0.25) is 5.02 Å². The Hall–Kier alpha value is -0.860. The van der Waals surface area contributed by atoms with E-state index >= 15 is 0 Å². The number of nitrogens with zero attached hydrogens (tertiary/aromatic N) is 1. The molecule has 0 amide bonds. The molecule has 0 N–H and O–H groups in total. The van der Waals surface area contributed by atoms with Gasteiger partial charge in [-0.2, -0.15) is 0 Å². The summed E-state index contributed by atoms with van der Waals surface area (Å²) in [6, 6.07) is 7.21. The van der Waals surface area contributed by atoms with Crippen molar-refractivity contribution < 1.29 is 4.79 Å². The maximum atomic E-state index is 11.9. The molecule has 1 aromatic carbocycles. The molecule has 0 saturated carbocycles. The maximum Gasteiger partial charge on any atom is 0.165 e. The fourth-order valence-electron chi connectivity index (χ4n) is 1.61. The fraction of sp³-hybridized carbons (Fsp3) is 0.462. The summed E-state index contributed by atoms with van der Waals surface area (Å²) in [6.45, 7) is 3.94. The van der Waals surface area contributed by atoms with Gasteiger partial charge in [-0.3, -0.25) is 4.79 Å². The third kappa shape index (κ3) is 3.95. The van der Waals surface area contributed by atoms with E-state index in [2.05, 4.69) is 11.8 Å². The Balaban J connectivity index is 2.50. The lowest BCUT2D eigenvalue weighted by atomic mass is 10.1. The van der Waals surface area contributed by atoms with Crippen molar-refractivity contribution in [2.24, 2.45) is 0 Å². The topological polar surface area (TPSA) is 20.3 Å². The standard InChI is InChI=1S/C13H18ClNO/c1-3-9-15(2)10-8-13(16)11-6-4-5-7-12(11)14/h4-7H,3,8-10H2,1-2H3. The summed E-state index contributed by atoms with van der Waals surface area (Å²) in [5, 5.41) is 0.547. The highest BCUT2D eigenvalue weighted by molar-refractivity contribution is 6.33. The summed E-state index contributed by atoms with van der Waals surface area (Å²) in [7, 11) is 2.03. The van der Waals surface area contributed by atoms with Gasteiger partial charge in [0.05, 0.1) is 5.02 Å². The first-order chi connectivity index (χ1) is 7.65. The molecule has 0 aliphatic rings. The van der Waals surface area contributed by atoms with Gasteiger partial charge in [0.2, 0.25) is 0 Å². The molecule has 0 bridgehead atoms. The third-order valence-electron chi connectivity index (χ3n) is 2.50. The molecular weight excluding hydrogens is 222 g/mol. The molecule has 16 heavy (non-hydrogen) atoms. The molecule has 0 saturated heterocycles. The zero-order chi connectivity index (χ0) is 12.0. The van der Waals surface area contributed by atoms with Crippen molar-refractivity contribution in [3.63, 3.8) is 0 Å². The van der Waals surface area contributed by atoms with Gasteiger partial charge in [-0.1, -0.05) is 30.7 Å². The highest BCUT2D eigenvalue weighted by atomic mass is 35.5. The van der Waals surface area contributed by atoms with Crippen LogP contribution >= 0.6 is 11.6 Å². The Bertz CT molecular complexity index is 352. The van der Waals surface area contributed by atoms with Crippen LogP contribution in [0.5, 0.6) is 0 Å². The van der Waals surface area contributed by atoms with Crippen LogP contribution in [0.25, 0.3) is 0 Å². The number of halogens is 1. The van der Waals surface area contributed by atoms with Gasteiger partial charge in [-0.25, -0.2) is 0 Å². The molecule has 0 aliphatic heterocycles. The average molecular weight is 240 g/mol. The molecule has 0 atom stereocenters. The minimum Gasteiger partial charge on any atom is -0.306 e. The molecule has 1 rings (SSSR count). The van der Waals surface area contributed by atoms with E-state index in [0.717, 1.165) is 19.5 Å². The van der Waals surface area contributed by atoms with Crippen LogP contribution in [-0.4, -0.2) is 30.8 Å². The summed E-state index contributed by atoms with van der Waals surface area (Å²) in [4.78, 5) is 14.0. The molecule has 0 heterocycles. The number of carbonyl (C=O) groups is 1. The average Bonchev–Trinajstić information content (AvgIpc) is 2.27. The van der Waals surface area contributed by atoms with E-state index < -0.39 is 0 Å². The molecule has 0 aromatic heterocycles. The Kier molecular flexibility index (Phi) is 5.50. The summed E-state index contributed by atoms with van der Waals surface area (Å²) < 4.78 is 0. The van der Waals surface area contributed by atoms with Crippen LogP contribution in [0.3, 0.4) is 0 Å². The highest BCUT2D eigenvalue weighted by Gasteiger charge is 2.10. The monoisotopic (exact) mass is 239 g/mol. The van der Waals surface area contributed by atoms with E-state index in [1.54, 1.807) is 12.1 Å². The van der Waals surface area contributed by atoms with Crippen molar-refractivity contribution >= 4 is 17.4 Å². The Morgan fingerprint density at radius 3 is 2.62 bits per heavy atom. The Labute approximate surface area is 102 Å². The van der Waals surface area contributed by atoms with Crippen molar-refractivity contribution in [3.8, 4) is 0 Å². The normalized spacial score (nSPS) is 10.8. The minimum absolute atomic E-state index is 0.119. The molecule has 0 aliphatic carbocycles. The van der Waals surface area contributed by atoms with E-state index in [0.29, 0.717) is 17.0 Å². The second-order valence-corrected chi connectivity index (χ2v) is 4.36. The first-order valence-electron chi connectivity index (χ1n) is 5.61. The van der Waals surface area contributed by atoms with Crippen LogP contribution in [-0.2, 0) is 0 Å². The summed E-state index contributed by atoms with van der Waals surface area (Å²) in [5.41, 5.74) is 0.633. The lowest BCUT2D eigenvalue weighted by Gasteiger charge is -2.14. The van der Waals surface area contributed by atoms with Crippen molar-refractivity contribution in [1.82, 2.24) is 4.90 Å². The van der Waals surface area contributed by atoms with Crippen LogP contribution in [0.15, 0.2) is 24.3 Å². The molecule has 1 aromatic rings. The first-order valence-corrected chi connectivity index (χ1v) is 5.99. The van der Waals surface area contributed by atoms with E-state index in [4.69, 9.17) is 11.6 Å². The number of benzene rings is 1. The molecule has 0 unspecified atom stereocenters.